The molecule has 16 heavy (non-hydrogen) atoms. The summed E-state index contributed by atoms with van der Waals surface area (Å²) in [6.45, 7) is 0.802. The molecule has 0 spiro atoms. The van der Waals surface area contributed by atoms with Crippen molar-refractivity contribution >= 4 is 49.1 Å². The number of amides is 1. The molecule has 1 amide bonds. The van der Waals surface area contributed by atoms with E-state index in [2.05, 4.69) is 37.2 Å². The first-order valence-electron chi connectivity index (χ1n) is 5.40. The summed E-state index contributed by atoms with van der Waals surface area (Å²) in [6, 6.07) is 1.85. The van der Waals surface area contributed by atoms with Crippen LogP contribution in [-0.2, 0) is 0 Å². The fourth-order valence-corrected chi connectivity index (χ4v) is 3.67. The lowest BCUT2D eigenvalue weighted by Gasteiger charge is -2.24. The SMILES string of the molecule is O=C(NCCC1CCC1)c1cc(Br)c(Br)s1. The highest BCUT2D eigenvalue weighted by Crippen LogP contribution is 2.32. The van der Waals surface area contributed by atoms with Gasteiger partial charge in [0.2, 0.25) is 0 Å². The second kappa shape index (κ2) is 5.65. The summed E-state index contributed by atoms with van der Waals surface area (Å²) in [7, 11) is 0. The molecule has 1 heterocycles. The van der Waals surface area contributed by atoms with Gasteiger partial charge in [-0.25, -0.2) is 0 Å². The number of hydrogen-bond donors (Lipinski definition) is 1. The predicted molar refractivity (Wildman–Crippen MR) is 74.0 cm³/mol. The van der Waals surface area contributed by atoms with Gasteiger partial charge in [0.1, 0.15) is 0 Å². The zero-order chi connectivity index (χ0) is 11.5. The standard InChI is InChI=1S/C11H13Br2NOS/c12-8-6-9(16-10(8)13)11(15)14-5-4-7-2-1-3-7/h6-7H,1-5H2,(H,14,15). The molecule has 0 aromatic carbocycles. The van der Waals surface area contributed by atoms with Crippen LogP contribution in [0.3, 0.4) is 0 Å². The summed E-state index contributed by atoms with van der Waals surface area (Å²) in [6.07, 6.45) is 5.17. The van der Waals surface area contributed by atoms with Crippen LogP contribution in [0.15, 0.2) is 14.3 Å². The largest absolute Gasteiger partial charge is 0.351 e. The van der Waals surface area contributed by atoms with Crippen LogP contribution in [-0.4, -0.2) is 12.5 Å². The summed E-state index contributed by atoms with van der Waals surface area (Å²) in [5.74, 6) is 0.887. The molecule has 5 heteroatoms. The number of halogens is 2. The van der Waals surface area contributed by atoms with Gasteiger partial charge in [0.15, 0.2) is 0 Å². The van der Waals surface area contributed by atoms with Crippen LogP contribution in [0.4, 0.5) is 0 Å². The summed E-state index contributed by atoms with van der Waals surface area (Å²) >= 11 is 8.23. The van der Waals surface area contributed by atoms with Gasteiger partial charge in [0.25, 0.3) is 5.91 Å². The summed E-state index contributed by atoms with van der Waals surface area (Å²) in [5.41, 5.74) is 0. The minimum atomic E-state index is 0.0377. The van der Waals surface area contributed by atoms with Crippen molar-refractivity contribution in [3.8, 4) is 0 Å². The second-order valence-corrected chi connectivity index (χ2v) is 7.30. The van der Waals surface area contributed by atoms with Crippen LogP contribution in [0.2, 0.25) is 0 Å². The van der Waals surface area contributed by atoms with Crippen molar-refractivity contribution in [1.82, 2.24) is 5.32 Å². The third kappa shape index (κ3) is 3.08. The highest BCUT2D eigenvalue weighted by molar-refractivity contribution is 9.13. The van der Waals surface area contributed by atoms with Crippen LogP contribution < -0.4 is 5.32 Å². The lowest BCUT2D eigenvalue weighted by molar-refractivity contribution is 0.0953. The lowest BCUT2D eigenvalue weighted by Crippen LogP contribution is -2.26. The summed E-state index contributed by atoms with van der Waals surface area (Å²) < 4.78 is 1.92. The Bertz CT molecular complexity index is 368. The van der Waals surface area contributed by atoms with Crippen molar-refractivity contribution < 1.29 is 4.79 Å². The quantitative estimate of drug-likeness (QED) is 0.850. The summed E-state index contributed by atoms with van der Waals surface area (Å²) in [5, 5.41) is 2.97. The fraction of sp³-hybridized carbons (Fsp3) is 0.545. The molecule has 1 aromatic heterocycles. The monoisotopic (exact) mass is 365 g/mol. The van der Waals surface area contributed by atoms with E-state index in [1.165, 1.54) is 30.6 Å². The number of hydrogen-bond acceptors (Lipinski definition) is 2. The topological polar surface area (TPSA) is 29.1 Å². The fourth-order valence-electron chi connectivity index (χ4n) is 1.72. The molecule has 0 atom stereocenters. The number of carbonyl (C=O) groups is 1. The normalized spacial score (nSPS) is 15.9. The molecule has 0 bridgehead atoms. The van der Waals surface area contributed by atoms with Gasteiger partial charge in [-0.3, -0.25) is 4.79 Å². The molecule has 1 aliphatic rings. The van der Waals surface area contributed by atoms with E-state index in [0.29, 0.717) is 0 Å². The molecule has 88 valence electrons. The minimum absolute atomic E-state index is 0.0377. The van der Waals surface area contributed by atoms with E-state index in [-0.39, 0.29) is 5.91 Å². The number of thiophene rings is 1. The maximum absolute atomic E-state index is 11.8. The van der Waals surface area contributed by atoms with Crippen molar-refractivity contribution in [2.75, 3.05) is 6.54 Å². The maximum atomic E-state index is 11.8. The first-order chi connectivity index (χ1) is 7.66. The first-order valence-corrected chi connectivity index (χ1v) is 7.80. The van der Waals surface area contributed by atoms with Crippen molar-refractivity contribution in [3.05, 3.63) is 19.2 Å². The van der Waals surface area contributed by atoms with Crippen molar-refractivity contribution in [2.45, 2.75) is 25.7 Å². The third-order valence-corrected chi connectivity index (χ3v) is 6.19. The lowest BCUT2D eigenvalue weighted by atomic mass is 9.83. The molecule has 1 N–H and O–H groups in total. The van der Waals surface area contributed by atoms with Crippen LogP contribution in [0.25, 0.3) is 0 Å². The Balaban J connectivity index is 1.78. The molecule has 1 aromatic rings. The van der Waals surface area contributed by atoms with Crippen LogP contribution >= 0.6 is 43.2 Å². The molecular formula is C11H13Br2NOS. The van der Waals surface area contributed by atoms with Crippen molar-refractivity contribution in [1.29, 1.82) is 0 Å². The highest BCUT2D eigenvalue weighted by Gasteiger charge is 2.17. The average Bonchev–Trinajstić information content (AvgIpc) is 2.51. The average molecular weight is 367 g/mol. The molecular weight excluding hydrogens is 354 g/mol. The van der Waals surface area contributed by atoms with Crippen LogP contribution in [0.5, 0.6) is 0 Å². The third-order valence-electron chi connectivity index (χ3n) is 2.93. The molecule has 1 aliphatic carbocycles. The van der Waals surface area contributed by atoms with E-state index in [1.807, 2.05) is 6.07 Å². The van der Waals surface area contributed by atoms with Crippen molar-refractivity contribution in [2.24, 2.45) is 5.92 Å². The first kappa shape index (κ1) is 12.6. The van der Waals surface area contributed by atoms with Crippen LogP contribution in [0.1, 0.15) is 35.4 Å². The Labute approximate surface area is 116 Å². The van der Waals surface area contributed by atoms with E-state index >= 15 is 0 Å². The smallest absolute Gasteiger partial charge is 0.261 e. The Morgan fingerprint density at radius 1 is 1.50 bits per heavy atom. The van der Waals surface area contributed by atoms with E-state index < -0.39 is 0 Å². The Morgan fingerprint density at radius 2 is 2.25 bits per heavy atom. The molecule has 0 unspecified atom stereocenters. The Kier molecular flexibility index (Phi) is 4.44. The predicted octanol–water partition coefficient (Wildman–Crippen LogP) is 4.19. The van der Waals surface area contributed by atoms with Gasteiger partial charge in [0, 0.05) is 11.0 Å². The molecule has 1 fully saturated rings. The van der Waals surface area contributed by atoms with Gasteiger partial charge in [-0.15, -0.1) is 11.3 Å². The van der Waals surface area contributed by atoms with Gasteiger partial charge in [-0.2, -0.15) is 0 Å². The van der Waals surface area contributed by atoms with E-state index in [1.54, 1.807) is 0 Å². The molecule has 0 saturated heterocycles. The van der Waals surface area contributed by atoms with Gasteiger partial charge in [-0.05, 0) is 50.3 Å². The summed E-state index contributed by atoms with van der Waals surface area (Å²) in [4.78, 5) is 12.5. The Morgan fingerprint density at radius 3 is 2.75 bits per heavy atom. The number of rotatable bonds is 4. The van der Waals surface area contributed by atoms with Gasteiger partial charge in [-0.1, -0.05) is 19.3 Å². The minimum Gasteiger partial charge on any atom is -0.351 e. The molecule has 1 saturated carbocycles. The second-order valence-electron chi connectivity index (χ2n) is 4.07. The van der Waals surface area contributed by atoms with E-state index in [0.717, 1.165) is 32.0 Å². The zero-order valence-electron chi connectivity index (χ0n) is 8.76. The number of carbonyl (C=O) groups excluding carboxylic acids is 1. The number of nitrogens with one attached hydrogen (secondary N) is 1. The molecule has 2 nitrogen and oxygen atoms in total. The van der Waals surface area contributed by atoms with Gasteiger partial charge < -0.3 is 5.32 Å². The zero-order valence-corrected chi connectivity index (χ0v) is 12.8. The molecule has 0 radical (unpaired) electrons. The van der Waals surface area contributed by atoms with Crippen LogP contribution in [0, 0.1) is 5.92 Å². The highest BCUT2D eigenvalue weighted by atomic mass is 79.9. The van der Waals surface area contributed by atoms with E-state index in [9.17, 15) is 4.79 Å². The van der Waals surface area contributed by atoms with Gasteiger partial charge in [0.05, 0.1) is 8.66 Å². The van der Waals surface area contributed by atoms with E-state index in [4.69, 9.17) is 0 Å². The molecule has 2 rings (SSSR count). The van der Waals surface area contributed by atoms with Gasteiger partial charge >= 0.3 is 0 Å². The maximum Gasteiger partial charge on any atom is 0.261 e. The van der Waals surface area contributed by atoms with Crippen molar-refractivity contribution in [3.63, 3.8) is 0 Å². The molecule has 0 aliphatic heterocycles. The Hall–Kier alpha value is 0.130.